The van der Waals surface area contributed by atoms with Gasteiger partial charge < -0.3 is 14.6 Å². The molecule has 1 aliphatic heterocycles. The molecule has 6 nitrogen and oxygen atoms in total. The summed E-state index contributed by atoms with van der Waals surface area (Å²) >= 11 is 0. The molecule has 0 spiro atoms. The Morgan fingerprint density at radius 2 is 2.15 bits per heavy atom. The lowest BCUT2D eigenvalue weighted by Crippen LogP contribution is -2.27. The molecule has 1 aromatic heterocycles. The molecule has 1 unspecified atom stereocenters. The molecule has 0 saturated carbocycles. The number of ether oxygens (including phenoxy) is 1. The summed E-state index contributed by atoms with van der Waals surface area (Å²) < 4.78 is 33.0. The SMILES string of the molecule is C=CCn1c(CNCC2CCCO2)cnc1S(=O)(=O)Cc1ccccc1. The van der Waals surface area contributed by atoms with E-state index in [1.54, 1.807) is 16.8 Å². The first kappa shape index (κ1) is 18.8. The van der Waals surface area contributed by atoms with Crippen LogP contribution in [0.2, 0.25) is 0 Å². The van der Waals surface area contributed by atoms with Gasteiger partial charge in [-0.2, -0.15) is 0 Å². The van der Waals surface area contributed by atoms with Crippen LogP contribution in [-0.4, -0.2) is 37.2 Å². The lowest BCUT2D eigenvalue weighted by atomic mass is 10.2. The minimum Gasteiger partial charge on any atom is -0.377 e. The van der Waals surface area contributed by atoms with E-state index < -0.39 is 9.84 Å². The summed E-state index contributed by atoms with van der Waals surface area (Å²) in [7, 11) is -3.53. The van der Waals surface area contributed by atoms with Gasteiger partial charge in [-0.25, -0.2) is 13.4 Å². The van der Waals surface area contributed by atoms with Crippen LogP contribution in [0.3, 0.4) is 0 Å². The van der Waals surface area contributed by atoms with Gasteiger partial charge in [0, 0.05) is 26.2 Å². The molecule has 0 radical (unpaired) electrons. The van der Waals surface area contributed by atoms with E-state index in [0.29, 0.717) is 13.1 Å². The quantitative estimate of drug-likeness (QED) is 0.681. The van der Waals surface area contributed by atoms with Gasteiger partial charge in [0.1, 0.15) is 0 Å². The number of allylic oxidation sites excluding steroid dienone is 1. The second-order valence-electron chi connectivity index (χ2n) is 6.44. The van der Waals surface area contributed by atoms with Gasteiger partial charge in [-0.3, -0.25) is 0 Å². The van der Waals surface area contributed by atoms with Crippen LogP contribution in [0.4, 0.5) is 0 Å². The predicted octanol–water partition coefficient (Wildman–Crippen LogP) is 2.31. The van der Waals surface area contributed by atoms with E-state index in [1.807, 2.05) is 30.3 Å². The van der Waals surface area contributed by atoms with Gasteiger partial charge in [0.15, 0.2) is 0 Å². The zero-order valence-electron chi connectivity index (χ0n) is 14.8. The molecule has 0 bridgehead atoms. The lowest BCUT2D eigenvalue weighted by Gasteiger charge is -2.13. The van der Waals surface area contributed by atoms with Crippen LogP contribution in [0.1, 0.15) is 24.1 Å². The molecule has 3 rings (SSSR count). The average Bonchev–Trinajstić information content (AvgIpc) is 3.27. The highest BCUT2D eigenvalue weighted by molar-refractivity contribution is 7.90. The summed E-state index contributed by atoms with van der Waals surface area (Å²) in [4.78, 5) is 4.21. The van der Waals surface area contributed by atoms with Gasteiger partial charge in [-0.1, -0.05) is 36.4 Å². The van der Waals surface area contributed by atoms with Crippen molar-refractivity contribution in [2.75, 3.05) is 13.2 Å². The summed E-state index contributed by atoms with van der Waals surface area (Å²) in [6, 6.07) is 9.15. The van der Waals surface area contributed by atoms with E-state index >= 15 is 0 Å². The Morgan fingerprint density at radius 1 is 1.35 bits per heavy atom. The molecule has 0 aliphatic carbocycles. The standard InChI is InChI=1S/C19H25N3O3S/c1-2-10-22-17(12-20-14-18-9-6-11-25-18)13-21-19(22)26(23,24)15-16-7-4-3-5-8-16/h2-5,7-8,13,18,20H,1,6,9-12,14-15H2. The molecule has 7 heteroatoms. The summed E-state index contributed by atoms with van der Waals surface area (Å²) in [5, 5.41) is 3.43. The Balaban J connectivity index is 1.74. The van der Waals surface area contributed by atoms with Crippen LogP contribution in [0.5, 0.6) is 0 Å². The van der Waals surface area contributed by atoms with Crippen molar-refractivity contribution in [2.24, 2.45) is 0 Å². The van der Waals surface area contributed by atoms with Crippen molar-refractivity contribution in [3.8, 4) is 0 Å². The number of hydrogen-bond acceptors (Lipinski definition) is 5. The average molecular weight is 375 g/mol. The van der Waals surface area contributed by atoms with Crippen molar-refractivity contribution in [1.29, 1.82) is 0 Å². The van der Waals surface area contributed by atoms with Gasteiger partial charge in [0.05, 0.1) is 23.7 Å². The summed E-state index contributed by atoms with van der Waals surface area (Å²) in [6.45, 7) is 6.27. The number of nitrogens with one attached hydrogen (secondary N) is 1. The Kier molecular flexibility index (Phi) is 6.24. The second-order valence-corrected chi connectivity index (χ2v) is 8.33. The molecule has 1 aliphatic rings. The monoisotopic (exact) mass is 375 g/mol. The normalized spacial score (nSPS) is 17.5. The number of rotatable bonds is 9. The van der Waals surface area contributed by atoms with E-state index in [-0.39, 0.29) is 17.0 Å². The summed E-state index contributed by atoms with van der Waals surface area (Å²) in [5.74, 6) is -0.0647. The molecule has 2 aromatic rings. The minimum atomic E-state index is -3.53. The number of benzene rings is 1. The maximum Gasteiger partial charge on any atom is 0.228 e. The Hall–Kier alpha value is -1.96. The Morgan fingerprint density at radius 3 is 2.85 bits per heavy atom. The number of aromatic nitrogens is 2. The largest absolute Gasteiger partial charge is 0.377 e. The second kappa shape index (κ2) is 8.62. The third-order valence-corrected chi connectivity index (χ3v) is 5.99. The number of sulfone groups is 1. The Labute approximate surface area is 154 Å². The molecular weight excluding hydrogens is 350 g/mol. The van der Waals surface area contributed by atoms with Crippen molar-refractivity contribution in [1.82, 2.24) is 14.9 Å². The fourth-order valence-corrected chi connectivity index (χ4v) is 4.63. The van der Waals surface area contributed by atoms with E-state index in [2.05, 4.69) is 16.9 Å². The number of hydrogen-bond donors (Lipinski definition) is 1. The number of nitrogens with zero attached hydrogens (tertiary/aromatic N) is 2. The zero-order chi connectivity index (χ0) is 18.4. The molecule has 140 valence electrons. The highest BCUT2D eigenvalue weighted by atomic mass is 32.2. The van der Waals surface area contributed by atoms with Crippen LogP contribution >= 0.6 is 0 Å². The minimum absolute atomic E-state index is 0.0647. The molecule has 0 amide bonds. The molecule has 1 fully saturated rings. The van der Waals surface area contributed by atoms with E-state index in [9.17, 15) is 8.42 Å². The molecule has 1 saturated heterocycles. The van der Waals surface area contributed by atoms with Crippen LogP contribution in [0.25, 0.3) is 0 Å². The molecule has 1 atom stereocenters. The third-order valence-electron chi connectivity index (χ3n) is 4.39. The van der Waals surface area contributed by atoms with Crippen molar-refractivity contribution in [3.63, 3.8) is 0 Å². The third kappa shape index (κ3) is 4.60. The van der Waals surface area contributed by atoms with Crippen molar-refractivity contribution >= 4 is 9.84 Å². The van der Waals surface area contributed by atoms with E-state index in [1.165, 1.54) is 0 Å². The Bertz CT molecular complexity index is 825. The maximum atomic E-state index is 12.8. The topological polar surface area (TPSA) is 73.2 Å². The van der Waals surface area contributed by atoms with Crippen LogP contribution < -0.4 is 5.32 Å². The summed E-state index contributed by atoms with van der Waals surface area (Å²) in [5.41, 5.74) is 1.58. The van der Waals surface area contributed by atoms with Gasteiger partial charge in [0.25, 0.3) is 0 Å². The van der Waals surface area contributed by atoms with E-state index in [4.69, 9.17) is 4.74 Å². The van der Waals surface area contributed by atoms with Gasteiger partial charge in [-0.05, 0) is 18.4 Å². The van der Waals surface area contributed by atoms with Gasteiger partial charge in [-0.15, -0.1) is 6.58 Å². The van der Waals surface area contributed by atoms with Gasteiger partial charge in [0.2, 0.25) is 15.0 Å². The first-order valence-electron chi connectivity index (χ1n) is 8.84. The van der Waals surface area contributed by atoms with Crippen LogP contribution in [-0.2, 0) is 33.4 Å². The molecule has 1 N–H and O–H groups in total. The predicted molar refractivity (Wildman–Crippen MR) is 100 cm³/mol. The van der Waals surface area contributed by atoms with Crippen molar-refractivity contribution in [2.45, 2.75) is 42.9 Å². The molecular formula is C19H25N3O3S. The highest BCUT2D eigenvalue weighted by Gasteiger charge is 2.23. The van der Waals surface area contributed by atoms with Crippen LogP contribution in [0.15, 0.2) is 54.3 Å². The fourth-order valence-electron chi connectivity index (χ4n) is 3.13. The fraction of sp³-hybridized carbons (Fsp3) is 0.421. The van der Waals surface area contributed by atoms with Crippen molar-refractivity contribution < 1.29 is 13.2 Å². The van der Waals surface area contributed by atoms with Crippen molar-refractivity contribution in [3.05, 3.63) is 60.4 Å². The highest BCUT2D eigenvalue weighted by Crippen LogP contribution is 2.18. The first-order valence-corrected chi connectivity index (χ1v) is 10.5. The smallest absolute Gasteiger partial charge is 0.228 e. The van der Waals surface area contributed by atoms with Crippen LogP contribution in [0, 0.1) is 0 Å². The zero-order valence-corrected chi connectivity index (χ0v) is 15.6. The maximum absolute atomic E-state index is 12.8. The molecule has 1 aromatic carbocycles. The first-order chi connectivity index (χ1) is 12.6. The lowest BCUT2D eigenvalue weighted by molar-refractivity contribution is 0.110. The summed E-state index contributed by atoms with van der Waals surface area (Å²) in [6.07, 6.45) is 5.72. The van der Waals surface area contributed by atoms with Gasteiger partial charge >= 0.3 is 0 Å². The number of imidazole rings is 1. The molecule has 2 heterocycles. The van der Waals surface area contributed by atoms with E-state index in [0.717, 1.165) is 37.3 Å². The molecule has 26 heavy (non-hydrogen) atoms.